The first kappa shape index (κ1) is 19.1. The molecule has 29 heavy (non-hydrogen) atoms. The van der Waals surface area contributed by atoms with Gasteiger partial charge in [0, 0.05) is 42.5 Å². The summed E-state index contributed by atoms with van der Waals surface area (Å²) < 4.78 is 7.92. The number of nitrogens with two attached hydrogens (primary N) is 1. The Bertz CT molecular complexity index is 1060. The summed E-state index contributed by atoms with van der Waals surface area (Å²) in [4.78, 5) is 11.6. The highest BCUT2D eigenvalue weighted by molar-refractivity contribution is 6.43. The van der Waals surface area contributed by atoms with Crippen LogP contribution in [0.2, 0.25) is 10.0 Å². The van der Waals surface area contributed by atoms with Gasteiger partial charge in [0.05, 0.1) is 29.0 Å². The number of imidazole rings is 1. The number of hydrogen-bond acceptors (Lipinski definition) is 5. The molecule has 5 rings (SSSR count). The van der Waals surface area contributed by atoms with Gasteiger partial charge < -0.3 is 15.4 Å². The molecule has 2 aliphatic rings. The average molecular weight is 432 g/mol. The number of aromatic nitrogens is 3. The summed E-state index contributed by atoms with van der Waals surface area (Å²) in [7, 11) is 0. The molecule has 0 aliphatic carbocycles. The Morgan fingerprint density at radius 3 is 2.72 bits per heavy atom. The van der Waals surface area contributed by atoms with Crippen molar-refractivity contribution in [3.8, 4) is 11.3 Å². The molecule has 0 radical (unpaired) electrons. The van der Waals surface area contributed by atoms with E-state index in [1.54, 1.807) is 12.3 Å². The van der Waals surface area contributed by atoms with Crippen molar-refractivity contribution in [3.63, 3.8) is 0 Å². The van der Waals surface area contributed by atoms with E-state index in [2.05, 4.69) is 21.2 Å². The second-order valence-corrected chi connectivity index (χ2v) is 8.86. The van der Waals surface area contributed by atoms with Crippen LogP contribution in [0.4, 0.5) is 5.82 Å². The first-order valence-electron chi connectivity index (χ1n) is 9.89. The van der Waals surface area contributed by atoms with Gasteiger partial charge in [-0.1, -0.05) is 35.3 Å². The lowest BCUT2D eigenvalue weighted by atomic mass is 9.73. The van der Waals surface area contributed by atoms with Crippen LogP contribution in [-0.4, -0.2) is 46.2 Å². The van der Waals surface area contributed by atoms with Crippen molar-refractivity contribution in [1.29, 1.82) is 0 Å². The van der Waals surface area contributed by atoms with E-state index in [0.29, 0.717) is 10.0 Å². The second-order valence-electron chi connectivity index (χ2n) is 8.08. The molecule has 2 atom stereocenters. The number of benzene rings is 1. The summed E-state index contributed by atoms with van der Waals surface area (Å²) in [5.74, 6) is 1.02. The predicted molar refractivity (Wildman–Crippen MR) is 116 cm³/mol. The number of nitrogens with zero attached hydrogens (tertiary/aromatic N) is 4. The van der Waals surface area contributed by atoms with E-state index in [1.165, 1.54) is 0 Å². The Kier molecular flexibility index (Phi) is 4.70. The smallest absolute Gasteiger partial charge is 0.165 e. The van der Waals surface area contributed by atoms with E-state index in [9.17, 15) is 0 Å². The van der Waals surface area contributed by atoms with Crippen molar-refractivity contribution in [2.45, 2.75) is 31.9 Å². The van der Waals surface area contributed by atoms with Gasteiger partial charge in [-0.25, -0.2) is 9.97 Å². The van der Waals surface area contributed by atoms with Gasteiger partial charge in [-0.05, 0) is 25.8 Å². The highest BCUT2D eigenvalue weighted by atomic mass is 35.5. The number of rotatable bonds is 2. The summed E-state index contributed by atoms with van der Waals surface area (Å²) in [6.07, 6.45) is 7.80. The SMILES string of the molecule is C[C@@H]1OCC2(CCN(c3cnc(-c4cccc(Cl)c4Cl)c4nccn34)CC2)[C@@H]1N. The van der Waals surface area contributed by atoms with Gasteiger partial charge in [0.15, 0.2) is 5.65 Å². The van der Waals surface area contributed by atoms with E-state index in [-0.39, 0.29) is 17.6 Å². The van der Waals surface area contributed by atoms with Crippen molar-refractivity contribution in [1.82, 2.24) is 14.4 Å². The maximum Gasteiger partial charge on any atom is 0.165 e. The summed E-state index contributed by atoms with van der Waals surface area (Å²) in [5, 5.41) is 0.994. The number of ether oxygens (including phenoxy) is 1. The predicted octanol–water partition coefficient (Wildman–Crippen LogP) is 4.04. The first-order valence-corrected chi connectivity index (χ1v) is 10.6. The lowest BCUT2D eigenvalue weighted by Crippen LogP contribution is -2.50. The van der Waals surface area contributed by atoms with Gasteiger partial charge in [-0.15, -0.1) is 0 Å². The summed E-state index contributed by atoms with van der Waals surface area (Å²) in [5.41, 5.74) is 8.82. The fourth-order valence-corrected chi connectivity index (χ4v) is 5.06. The molecule has 0 amide bonds. The van der Waals surface area contributed by atoms with Gasteiger partial charge >= 0.3 is 0 Å². The molecule has 2 fully saturated rings. The molecule has 152 valence electrons. The molecule has 0 saturated carbocycles. The zero-order valence-electron chi connectivity index (χ0n) is 16.2. The molecular formula is C21H23Cl2N5O. The lowest BCUT2D eigenvalue weighted by molar-refractivity contribution is 0.0974. The van der Waals surface area contributed by atoms with Gasteiger partial charge in [0.1, 0.15) is 11.5 Å². The Balaban J connectivity index is 1.47. The maximum atomic E-state index is 6.46. The lowest BCUT2D eigenvalue weighted by Gasteiger charge is -2.42. The molecule has 1 aromatic carbocycles. The summed E-state index contributed by atoms with van der Waals surface area (Å²) >= 11 is 12.6. The van der Waals surface area contributed by atoms with Crippen molar-refractivity contribution in [2.24, 2.45) is 11.1 Å². The molecule has 2 aliphatic heterocycles. The Labute approximate surface area is 179 Å². The molecule has 1 spiro atoms. The molecule has 2 saturated heterocycles. The first-order chi connectivity index (χ1) is 14.0. The van der Waals surface area contributed by atoms with E-state index >= 15 is 0 Å². The van der Waals surface area contributed by atoms with Crippen LogP contribution in [0, 0.1) is 5.41 Å². The van der Waals surface area contributed by atoms with Crippen LogP contribution < -0.4 is 10.6 Å². The number of anilines is 1. The highest BCUT2D eigenvalue weighted by Crippen LogP contribution is 2.42. The zero-order chi connectivity index (χ0) is 20.2. The number of halogens is 2. The Morgan fingerprint density at radius 1 is 1.21 bits per heavy atom. The molecular weight excluding hydrogens is 409 g/mol. The van der Waals surface area contributed by atoms with Gasteiger partial charge in [0.2, 0.25) is 0 Å². The molecule has 2 aromatic heterocycles. The van der Waals surface area contributed by atoms with Crippen molar-refractivity contribution in [3.05, 3.63) is 46.8 Å². The maximum absolute atomic E-state index is 6.46. The van der Waals surface area contributed by atoms with Crippen LogP contribution in [0.5, 0.6) is 0 Å². The molecule has 8 heteroatoms. The van der Waals surface area contributed by atoms with Crippen LogP contribution in [0.1, 0.15) is 19.8 Å². The van der Waals surface area contributed by atoms with Crippen molar-refractivity contribution >= 4 is 34.7 Å². The largest absolute Gasteiger partial charge is 0.376 e. The van der Waals surface area contributed by atoms with Gasteiger partial charge in [-0.3, -0.25) is 4.40 Å². The molecule has 4 heterocycles. The Hall–Kier alpha value is -1.86. The minimum absolute atomic E-state index is 0.0889. The van der Waals surface area contributed by atoms with Crippen LogP contribution in [-0.2, 0) is 4.74 Å². The summed E-state index contributed by atoms with van der Waals surface area (Å²) in [6.45, 7) is 4.66. The monoisotopic (exact) mass is 431 g/mol. The van der Waals surface area contributed by atoms with E-state index in [1.807, 2.05) is 24.5 Å². The third-order valence-corrected chi connectivity index (χ3v) is 7.36. The van der Waals surface area contributed by atoms with Crippen LogP contribution >= 0.6 is 23.2 Å². The van der Waals surface area contributed by atoms with Crippen LogP contribution in [0.15, 0.2) is 36.8 Å². The van der Waals surface area contributed by atoms with Crippen LogP contribution in [0.25, 0.3) is 16.9 Å². The Morgan fingerprint density at radius 2 is 2.00 bits per heavy atom. The summed E-state index contributed by atoms with van der Waals surface area (Å²) in [6, 6.07) is 5.66. The van der Waals surface area contributed by atoms with Crippen molar-refractivity contribution in [2.75, 3.05) is 24.6 Å². The second kappa shape index (κ2) is 7.13. The van der Waals surface area contributed by atoms with E-state index in [4.69, 9.17) is 38.7 Å². The minimum Gasteiger partial charge on any atom is -0.376 e. The third kappa shape index (κ3) is 3.01. The van der Waals surface area contributed by atoms with E-state index < -0.39 is 0 Å². The zero-order valence-corrected chi connectivity index (χ0v) is 17.7. The molecule has 6 nitrogen and oxygen atoms in total. The molecule has 0 unspecified atom stereocenters. The highest BCUT2D eigenvalue weighted by Gasteiger charge is 2.47. The molecule has 2 N–H and O–H groups in total. The third-order valence-electron chi connectivity index (χ3n) is 6.54. The molecule has 3 aromatic rings. The molecule has 0 bridgehead atoms. The number of hydrogen-bond donors (Lipinski definition) is 1. The normalized spacial score (nSPS) is 23.9. The number of piperidine rings is 1. The van der Waals surface area contributed by atoms with Crippen molar-refractivity contribution < 1.29 is 4.74 Å². The minimum atomic E-state index is 0.0889. The van der Waals surface area contributed by atoms with E-state index in [0.717, 1.165) is 55.3 Å². The quantitative estimate of drug-likeness (QED) is 0.662. The fraction of sp³-hybridized carbons (Fsp3) is 0.429. The average Bonchev–Trinajstić information content (AvgIpc) is 3.32. The van der Waals surface area contributed by atoms with Gasteiger partial charge in [0.25, 0.3) is 0 Å². The number of fused-ring (bicyclic) bond motifs is 1. The fourth-order valence-electron chi connectivity index (χ4n) is 4.67. The van der Waals surface area contributed by atoms with Crippen LogP contribution in [0.3, 0.4) is 0 Å². The standard InChI is InChI=1S/C21H23Cl2N5O/c1-13-19(24)21(12-29-13)5-8-27(9-6-21)16-11-26-18(20-25-7-10-28(16)20)14-3-2-4-15(22)17(14)23/h2-4,7,10-11,13,19H,5-6,8-9,12,24H2,1H3/t13-,19+/m0/s1. The topological polar surface area (TPSA) is 68.7 Å². The van der Waals surface area contributed by atoms with Gasteiger partial charge in [-0.2, -0.15) is 0 Å².